The van der Waals surface area contributed by atoms with Gasteiger partial charge in [0, 0.05) is 11.0 Å². The van der Waals surface area contributed by atoms with Gasteiger partial charge >= 0.3 is 0 Å². The molecule has 19 heavy (non-hydrogen) atoms. The van der Waals surface area contributed by atoms with Gasteiger partial charge in [0.15, 0.2) is 0 Å². The van der Waals surface area contributed by atoms with Crippen LogP contribution in [0.3, 0.4) is 0 Å². The monoisotopic (exact) mass is 331 g/mol. The van der Waals surface area contributed by atoms with Gasteiger partial charge in [-0.1, -0.05) is 22.9 Å². The van der Waals surface area contributed by atoms with Crippen LogP contribution in [-0.2, 0) is 11.3 Å². The zero-order valence-corrected chi connectivity index (χ0v) is 12.9. The van der Waals surface area contributed by atoms with E-state index in [1.165, 1.54) is 5.56 Å². The first-order valence-corrected chi connectivity index (χ1v) is 7.37. The lowest BCUT2D eigenvalue weighted by Gasteiger charge is -2.10. The van der Waals surface area contributed by atoms with Crippen LogP contribution in [0.4, 0.5) is 0 Å². The van der Waals surface area contributed by atoms with Crippen LogP contribution in [-0.4, -0.2) is 38.1 Å². The van der Waals surface area contributed by atoms with Gasteiger partial charge in [0.25, 0.3) is 0 Å². The maximum Gasteiger partial charge on any atom is 0.119 e. The van der Waals surface area contributed by atoms with Gasteiger partial charge in [0.05, 0.1) is 19.8 Å². The Morgan fingerprint density at radius 1 is 1.26 bits per heavy atom. The van der Waals surface area contributed by atoms with Gasteiger partial charge in [0.1, 0.15) is 12.4 Å². The largest absolute Gasteiger partial charge is 0.491 e. The standard InChI is InChI=1S/C14H22BrNO3/c1-2-5-16-11-12-10-13(3-4-14(12)15)19-9-8-18-7-6-17/h3-4,10,16-17H,2,5-9,11H2,1H3. The second kappa shape index (κ2) is 10.2. The van der Waals surface area contributed by atoms with E-state index >= 15 is 0 Å². The average molecular weight is 332 g/mol. The number of aliphatic hydroxyl groups is 1. The summed E-state index contributed by atoms with van der Waals surface area (Å²) in [7, 11) is 0. The number of ether oxygens (including phenoxy) is 2. The molecule has 0 saturated carbocycles. The molecule has 5 heteroatoms. The molecule has 4 nitrogen and oxygen atoms in total. The summed E-state index contributed by atoms with van der Waals surface area (Å²) in [6.07, 6.45) is 1.12. The molecule has 0 fully saturated rings. The van der Waals surface area contributed by atoms with Crippen LogP contribution >= 0.6 is 15.9 Å². The fraction of sp³-hybridized carbons (Fsp3) is 0.571. The third-order valence-corrected chi connectivity index (χ3v) is 3.27. The molecule has 0 aliphatic rings. The van der Waals surface area contributed by atoms with Gasteiger partial charge in [0.2, 0.25) is 0 Å². The third-order valence-electron chi connectivity index (χ3n) is 2.49. The first-order chi connectivity index (χ1) is 9.27. The predicted molar refractivity (Wildman–Crippen MR) is 79.5 cm³/mol. The molecule has 0 unspecified atom stereocenters. The summed E-state index contributed by atoms with van der Waals surface area (Å²) in [5, 5.41) is 11.9. The van der Waals surface area contributed by atoms with Crippen molar-refractivity contribution in [2.24, 2.45) is 0 Å². The fourth-order valence-electron chi connectivity index (χ4n) is 1.56. The number of nitrogens with one attached hydrogen (secondary N) is 1. The van der Waals surface area contributed by atoms with Crippen molar-refractivity contribution in [3.8, 4) is 5.75 Å². The molecule has 1 rings (SSSR count). The van der Waals surface area contributed by atoms with Crippen LogP contribution in [0.2, 0.25) is 0 Å². The Balaban J connectivity index is 2.39. The van der Waals surface area contributed by atoms with E-state index in [9.17, 15) is 0 Å². The highest BCUT2D eigenvalue weighted by molar-refractivity contribution is 9.10. The van der Waals surface area contributed by atoms with E-state index in [2.05, 4.69) is 28.2 Å². The lowest BCUT2D eigenvalue weighted by Crippen LogP contribution is -2.14. The summed E-state index contributed by atoms with van der Waals surface area (Å²) in [5.41, 5.74) is 1.18. The van der Waals surface area contributed by atoms with Crippen LogP contribution in [0.15, 0.2) is 22.7 Å². The van der Waals surface area contributed by atoms with E-state index < -0.39 is 0 Å². The lowest BCUT2D eigenvalue weighted by atomic mass is 10.2. The van der Waals surface area contributed by atoms with Crippen molar-refractivity contribution in [1.29, 1.82) is 0 Å². The number of halogens is 1. The first-order valence-electron chi connectivity index (χ1n) is 6.58. The predicted octanol–water partition coefficient (Wildman–Crippen LogP) is 2.34. The number of hydrogen-bond donors (Lipinski definition) is 2. The second-order valence-corrected chi connectivity index (χ2v) is 4.97. The molecule has 108 valence electrons. The lowest BCUT2D eigenvalue weighted by molar-refractivity contribution is 0.0705. The van der Waals surface area contributed by atoms with E-state index in [0.29, 0.717) is 19.8 Å². The Labute approximate surface area is 123 Å². The molecule has 1 aromatic rings. The van der Waals surface area contributed by atoms with E-state index in [-0.39, 0.29) is 6.61 Å². The maximum atomic E-state index is 8.57. The highest BCUT2D eigenvalue weighted by atomic mass is 79.9. The Morgan fingerprint density at radius 3 is 2.84 bits per heavy atom. The molecule has 0 heterocycles. The number of aliphatic hydroxyl groups excluding tert-OH is 1. The van der Waals surface area contributed by atoms with E-state index in [4.69, 9.17) is 14.6 Å². The molecule has 2 N–H and O–H groups in total. The molecular formula is C14H22BrNO3. The zero-order valence-electron chi connectivity index (χ0n) is 11.3. The molecular weight excluding hydrogens is 310 g/mol. The molecule has 0 saturated heterocycles. The van der Waals surface area contributed by atoms with E-state index in [1.54, 1.807) is 0 Å². The Hall–Kier alpha value is -0.620. The van der Waals surface area contributed by atoms with Gasteiger partial charge < -0.3 is 19.9 Å². The van der Waals surface area contributed by atoms with Gasteiger partial charge in [-0.2, -0.15) is 0 Å². The average Bonchev–Trinajstić information content (AvgIpc) is 2.42. The third kappa shape index (κ3) is 6.92. The molecule has 0 spiro atoms. The summed E-state index contributed by atoms with van der Waals surface area (Å²) in [4.78, 5) is 0. The Bertz CT molecular complexity index is 361. The van der Waals surface area contributed by atoms with Crippen LogP contribution < -0.4 is 10.1 Å². The second-order valence-electron chi connectivity index (χ2n) is 4.11. The van der Waals surface area contributed by atoms with Crippen LogP contribution in [0.5, 0.6) is 5.75 Å². The number of benzene rings is 1. The van der Waals surface area contributed by atoms with Gasteiger partial charge in [-0.25, -0.2) is 0 Å². The van der Waals surface area contributed by atoms with Crippen molar-refractivity contribution >= 4 is 15.9 Å². The summed E-state index contributed by atoms with van der Waals surface area (Å²) in [5.74, 6) is 0.837. The van der Waals surface area contributed by atoms with Crippen molar-refractivity contribution in [2.75, 3.05) is 33.0 Å². The van der Waals surface area contributed by atoms with Crippen molar-refractivity contribution in [3.05, 3.63) is 28.2 Å². The highest BCUT2D eigenvalue weighted by Crippen LogP contribution is 2.22. The minimum atomic E-state index is 0.0472. The summed E-state index contributed by atoms with van der Waals surface area (Å²) in [6, 6.07) is 5.95. The first kappa shape index (κ1) is 16.4. The van der Waals surface area contributed by atoms with Crippen molar-refractivity contribution in [3.63, 3.8) is 0 Å². The fourth-order valence-corrected chi connectivity index (χ4v) is 1.95. The topological polar surface area (TPSA) is 50.7 Å². The molecule has 0 aliphatic heterocycles. The normalized spacial score (nSPS) is 10.7. The molecule has 1 aromatic carbocycles. The minimum absolute atomic E-state index is 0.0472. The Kier molecular flexibility index (Phi) is 8.82. The molecule has 0 aliphatic carbocycles. The quantitative estimate of drug-likeness (QED) is 0.646. The number of hydrogen-bond acceptors (Lipinski definition) is 4. The van der Waals surface area contributed by atoms with Crippen LogP contribution in [0, 0.1) is 0 Å². The minimum Gasteiger partial charge on any atom is -0.491 e. The molecule has 0 radical (unpaired) electrons. The van der Waals surface area contributed by atoms with Gasteiger partial charge in [-0.3, -0.25) is 0 Å². The van der Waals surface area contributed by atoms with Crippen molar-refractivity contribution in [1.82, 2.24) is 5.32 Å². The maximum absolute atomic E-state index is 8.57. The van der Waals surface area contributed by atoms with E-state index in [1.807, 2.05) is 18.2 Å². The summed E-state index contributed by atoms with van der Waals surface area (Å²) in [6.45, 7) is 5.36. The summed E-state index contributed by atoms with van der Waals surface area (Å²) < 4.78 is 11.8. The molecule has 0 amide bonds. The van der Waals surface area contributed by atoms with Crippen LogP contribution in [0.25, 0.3) is 0 Å². The van der Waals surface area contributed by atoms with Crippen molar-refractivity contribution < 1.29 is 14.6 Å². The van der Waals surface area contributed by atoms with Gasteiger partial charge in [-0.05, 0) is 36.7 Å². The smallest absolute Gasteiger partial charge is 0.119 e. The molecule has 0 atom stereocenters. The van der Waals surface area contributed by atoms with Crippen LogP contribution in [0.1, 0.15) is 18.9 Å². The SMILES string of the molecule is CCCNCc1cc(OCCOCCO)ccc1Br. The number of rotatable bonds is 10. The van der Waals surface area contributed by atoms with E-state index in [0.717, 1.165) is 29.7 Å². The molecule has 0 bridgehead atoms. The van der Waals surface area contributed by atoms with Gasteiger partial charge in [-0.15, -0.1) is 0 Å². The molecule has 0 aromatic heterocycles. The Morgan fingerprint density at radius 2 is 2.11 bits per heavy atom. The summed E-state index contributed by atoms with van der Waals surface area (Å²) >= 11 is 3.54. The van der Waals surface area contributed by atoms with Crippen molar-refractivity contribution in [2.45, 2.75) is 19.9 Å². The zero-order chi connectivity index (χ0) is 13.9. The highest BCUT2D eigenvalue weighted by Gasteiger charge is 2.02.